The average molecular weight is 484 g/mol. The molecule has 0 bridgehead atoms. The predicted molar refractivity (Wildman–Crippen MR) is 134 cm³/mol. The Morgan fingerprint density at radius 3 is 2.09 bits per heavy atom. The number of amides is 1. The summed E-state index contributed by atoms with van der Waals surface area (Å²) in [4.78, 5) is 36.6. The van der Waals surface area contributed by atoms with E-state index in [1.54, 1.807) is 0 Å². The van der Waals surface area contributed by atoms with Gasteiger partial charge in [-0.25, -0.2) is 9.59 Å². The van der Waals surface area contributed by atoms with Gasteiger partial charge in [0.2, 0.25) is 0 Å². The number of ether oxygens (including phenoxy) is 3. The van der Waals surface area contributed by atoms with Crippen molar-refractivity contribution >= 4 is 18.0 Å². The lowest BCUT2D eigenvalue weighted by Crippen LogP contribution is -2.50. The van der Waals surface area contributed by atoms with Gasteiger partial charge < -0.3 is 14.2 Å². The van der Waals surface area contributed by atoms with Crippen molar-refractivity contribution in [3.05, 3.63) is 71.3 Å². The van der Waals surface area contributed by atoms with Crippen LogP contribution < -0.4 is 0 Å². The van der Waals surface area contributed by atoms with E-state index in [0.717, 1.165) is 17.5 Å². The second-order valence-electron chi connectivity index (χ2n) is 9.82. The highest BCUT2D eigenvalue weighted by Gasteiger charge is 2.44. The Balaban J connectivity index is 0.000000258. The number of methoxy groups -OCH3 is 3. The zero-order chi connectivity index (χ0) is 26.2. The van der Waals surface area contributed by atoms with Gasteiger partial charge in [-0.3, -0.25) is 9.69 Å². The van der Waals surface area contributed by atoms with E-state index in [0.29, 0.717) is 13.0 Å². The van der Waals surface area contributed by atoms with Crippen LogP contribution >= 0.6 is 0 Å². The number of fused-ring (bicyclic) bond motifs is 1. The largest absolute Gasteiger partial charge is 0.469 e. The highest BCUT2D eigenvalue weighted by atomic mass is 16.5. The van der Waals surface area contributed by atoms with Crippen molar-refractivity contribution in [2.45, 2.75) is 57.4 Å². The molecule has 3 rings (SSSR count). The number of rotatable bonds is 5. The van der Waals surface area contributed by atoms with Gasteiger partial charge >= 0.3 is 18.0 Å². The van der Waals surface area contributed by atoms with E-state index >= 15 is 0 Å². The van der Waals surface area contributed by atoms with Crippen molar-refractivity contribution in [1.82, 2.24) is 4.90 Å². The Morgan fingerprint density at radius 1 is 0.914 bits per heavy atom. The maximum Gasteiger partial charge on any atom is 0.410 e. The van der Waals surface area contributed by atoms with Gasteiger partial charge in [-0.15, -0.1) is 0 Å². The summed E-state index contributed by atoms with van der Waals surface area (Å²) >= 11 is 0. The molecule has 1 amide bonds. The third kappa shape index (κ3) is 6.84. The molecule has 0 aromatic heterocycles. The summed E-state index contributed by atoms with van der Waals surface area (Å²) in [7, 11) is 4.06. The molecular formula is C28H37NO6. The zero-order valence-electron chi connectivity index (χ0n) is 21.8. The van der Waals surface area contributed by atoms with E-state index in [4.69, 9.17) is 9.47 Å². The number of esters is 2. The van der Waals surface area contributed by atoms with Gasteiger partial charge in [0.25, 0.3) is 0 Å². The molecule has 190 valence electrons. The summed E-state index contributed by atoms with van der Waals surface area (Å²) in [5, 5.41) is 0. The van der Waals surface area contributed by atoms with Crippen LogP contribution in [0.4, 0.5) is 4.79 Å². The molecule has 35 heavy (non-hydrogen) atoms. The van der Waals surface area contributed by atoms with Crippen molar-refractivity contribution in [1.29, 1.82) is 0 Å². The first-order valence-electron chi connectivity index (χ1n) is 11.6. The van der Waals surface area contributed by atoms with Crippen molar-refractivity contribution in [2.75, 3.05) is 27.9 Å². The summed E-state index contributed by atoms with van der Waals surface area (Å²) in [6.07, 6.45) is 0.755. The SMILES string of the molecule is COC(=O)C1c2ccccc2C(C)(C)CN1C(=O)OC.COC(=O)CCC(C)(C)c1ccccc1. The molecule has 1 unspecified atom stereocenters. The lowest BCUT2D eigenvalue weighted by Gasteiger charge is -2.42. The monoisotopic (exact) mass is 483 g/mol. The summed E-state index contributed by atoms with van der Waals surface area (Å²) in [5.74, 6) is -0.600. The number of hydrogen-bond donors (Lipinski definition) is 0. The van der Waals surface area contributed by atoms with Gasteiger partial charge in [0, 0.05) is 18.4 Å². The molecule has 2 aromatic rings. The fourth-order valence-corrected chi connectivity index (χ4v) is 4.33. The summed E-state index contributed by atoms with van der Waals surface area (Å²) in [6, 6.07) is 17.1. The average Bonchev–Trinajstić information content (AvgIpc) is 2.87. The minimum absolute atomic E-state index is 0.0233. The van der Waals surface area contributed by atoms with Crippen LogP contribution in [0.3, 0.4) is 0 Å². The van der Waals surface area contributed by atoms with Crippen LogP contribution in [-0.4, -0.2) is 50.8 Å². The normalized spacial score (nSPS) is 16.2. The van der Waals surface area contributed by atoms with Gasteiger partial charge in [0.15, 0.2) is 6.04 Å². The first kappa shape index (κ1) is 27.9. The Labute approximate surface area is 208 Å². The Hall–Kier alpha value is -3.35. The van der Waals surface area contributed by atoms with Crippen LogP contribution in [0.5, 0.6) is 0 Å². The molecule has 1 aliphatic rings. The summed E-state index contributed by atoms with van der Waals surface area (Å²) in [6.45, 7) is 8.76. The third-order valence-corrected chi connectivity index (χ3v) is 6.43. The zero-order valence-corrected chi connectivity index (χ0v) is 21.8. The predicted octanol–water partition coefficient (Wildman–Crippen LogP) is 5.18. The molecular weight excluding hydrogens is 446 g/mol. The minimum atomic E-state index is -0.753. The molecule has 0 aliphatic carbocycles. The molecule has 0 saturated carbocycles. The van der Waals surface area contributed by atoms with Crippen LogP contribution in [0.25, 0.3) is 0 Å². The van der Waals surface area contributed by atoms with Gasteiger partial charge in [-0.05, 0) is 28.5 Å². The van der Waals surface area contributed by atoms with Crippen LogP contribution in [0, 0.1) is 0 Å². The highest BCUT2D eigenvalue weighted by Crippen LogP contribution is 2.40. The summed E-state index contributed by atoms with van der Waals surface area (Å²) < 4.78 is 14.3. The van der Waals surface area contributed by atoms with Crippen LogP contribution in [0.2, 0.25) is 0 Å². The second-order valence-corrected chi connectivity index (χ2v) is 9.82. The van der Waals surface area contributed by atoms with Crippen molar-refractivity contribution in [3.63, 3.8) is 0 Å². The van der Waals surface area contributed by atoms with Crippen molar-refractivity contribution in [3.8, 4) is 0 Å². The highest BCUT2D eigenvalue weighted by molar-refractivity contribution is 5.84. The number of benzene rings is 2. The maximum absolute atomic E-state index is 12.1. The van der Waals surface area contributed by atoms with E-state index in [9.17, 15) is 14.4 Å². The molecule has 7 nitrogen and oxygen atoms in total. The standard InChI is InChI=1S/C15H19NO4.C13H18O2/c1-15(2)9-16(14(18)20-4)12(13(17)19-3)10-7-5-6-8-11(10)15;1-13(2,10-9-12(14)15-3)11-7-5-4-6-8-11/h5-8,12H,9H2,1-4H3;4-8H,9-10H2,1-3H3. The number of hydrogen-bond acceptors (Lipinski definition) is 6. The molecule has 0 saturated heterocycles. The van der Waals surface area contributed by atoms with E-state index in [1.807, 2.05) is 56.3 Å². The molecule has 1 heterocycles. The van der Waals surface area contributed by atoms with Gasteiger partial charge in [-0.2, -0.15) is 0 Å². The molecule has 0 fully saturated rings. The Morgan fingerprint density at radius 2 is 1.51 bits per heavy atom. The number of carbonyl (C=O) groups excluding carboxylic acids is 3. The molecule has 0 N–H and O–H groups in total. The van der Waals surface area contributed by atoms with E-state index < -0.39 is 18.1 Å². The quantitative estimate of drug-likeness (QED) is 0.431. The van der Waals surface area contributed by atoms with Gasteiger partial charge in [0.1, 0.15) is 0 Å². The van der Waals surface area contributed by atoms with Crippen LogP contribution in [0.1, 0.15) is 63.3 Å². The Kier molecular flexibility index (Phi) is 9.46. The van der Waals surface area contributed by atoms with Crippen LogP contribution in [-0.2, 0) is 34.6 Å². The molecule has 1 aliphatic heterocycles. The third-order valence-electron chi connectivity index (χ3n) is 6.43. The van der Waals surface area contributed by atoms with E-state index in [-0.39, 0.29) is 16.8 Å². The second kappa shape index (κ2) is 11.9. The maximum atomic E-state index is 12.1. The smallest absolute Gasteiger partial charge is 0.410 e. The van der Waals surface area contributed by atoms with Crippen LogP contribution in [0.15, 0.2) is 54.6 Å². The fraction of sp³-hybridized carbons (Fsp3) is 0.464. The van der Waals surface area contributed by atoms with E-state index in [2.05, 4.69) is 30.7 Å². The first-order valence-corrected chi connectivity index (χ1v) is 11.6. The van der Waals surface area contributed by atoms with Crippen molar-refractivity contribution < 1.29 is 28.6 Å². The summed E-state index contributed by atoms with van der Waals surface area (Å²) in [5.41, 5.74) is 2.87. The topological polar surface area (TPSA) is 82.1 Å². The number of nitrogens with zero attached hydrogens (tertiary/aromatic N) is 1. The molecule has 0 radical (unpaired) electrons. The lowest BCUT2D eigenvalue weighted by molar-refractivity contribution is -0.147. The van der Waals surface area contributed by atoms with E-state index in [1.165, 1.54) is 31.8 Å². The minimum Gasteiger partial charge on any atom is -0.469 e. The van der Waals surface area contributed by atoms with Crippen molar-refractivity contribution in [2.24, 2.45) is 0 Å². The van der Waals surface area contributed by atoms with Gasteiger partial charge in [-0.1, -0.05) is 82.3 Å². The number of carbonyl (C=O) groups is 3. The Bertz CT molecular complexity index is 1020. The molecule has 0 spiro atoms. The lowest BCUT2D eigenvalue weighted by atomic mass is 9.76. The first-order chi connectivity index (χ1) is 16.5. The molecule has 7 heteroatoms. The van der Waals surface area contributed by atoms with Gasteiger partial charge in [0.05, 0.1) is 21.3 Å². The molecule has 2 aromatic carbocycles. The fourth-order valence-electron chi connectivity index (χ4n) is 4.33. The molecule has 1 atom stereocenters.